The van der Waals surface area contributed by atoms with E-state index in [2.05, 4.69) is 10.3 Å². The van der Waals surface area contributed by atoms with Crippen molar-refractivity contribution < 1.29 is 39.6 Å². The zero-order chi connectivity index (χ0) is 18.3. The molecule has 1 aliphatic heterocycles. The summed E-state index contributed by atoms with van der Waals surface area (Å²) in [7, 11) is 0. The molecule has 0 saturated carbocycles. The number of aliphatic carboxylic acids is 4. The topological polar surface area (TPSA) is 174 Å². The molecular formula is C14H16N2O8. The number of nitrogens with one attached hydrogen (secondary N) is 1. The fourth-order valence-electron chi connectivity index (χ4n) is 1.91. The lowest BCUT2D eigenvalue weighted by atomic mass is 10.00. The maximum absolute atomic E-state index is 11.0. The smallest absolute Gasteiger partial charge is 0.351 e. The molecule has 1 aliphatic rings. The highest BCUT2D eigenvalue weighted by atomic mass is 16.4. The Morgan fingerprint density at radius 2 is 1.92 bits per heavy atom. The molecule has 0 spiro atoms. The number of aliphatic imine (C=N–C) groups is 1. The SMILES string of the molecule is O=C(O)CCC(N=C/C=C1/C=C(C(=O)O)NC(C(=O)O)C1)C(=O)O. The van der Waals surface area contributed by atoms with Crippen LogP contribution in [0.1, 0.15) is 19.3 Å². The van der Waals surface area contributed by atoms with Gasteiger partial charge < -0.3 is 25.7 Å². The normalized spacial score (nSPS) is 20.2. The first kappa shape index (κ1) is 18.9. The fourth-order valence-corrected chi connectivity index (χ4v) is 1.91. The number of hydrogen-bond donors (Lipinski definition) is 5. The predicted octanol–water partition coefficient (Wildman–Crippen LogP) is -0.283. The minimum atomic E-state index is -1.33. The highest BCUT2D eigenvalue weighted by Crippen LogP contribution is 2.16. The van der Waals surface area contributed by atoms with E-state index in [0.29, 0.717) is 5.57 Å². The number of hydrogen-bond acceptors (Lipinski definition) is 6. The molecular weight excluding hydrogens is 324 g/mol. The molecule has 0 aromatic rings. The molecule has 24 heavy (non-hydrogen) atoms. The van der Waals surface area contributed by atoms with Crippen molar-refractivity contribution in [3.63, 3.8) is 0 Å². The largest absolute Gasteiger partial charge is 0.481 e. The maximum atomic E-state index is 11.0. The van der Waals surface area contributed by atoms with E-state index >= 15 is 0 Å². The number of carboxylic acid groups (broad SMARTS) is 4. The summed E-state index contributed by atoms with van der Waals surface area (Å²) < 4.78 is 0. The number of nitrogens with zero attached hydrogens (tertiary/aromatic N) is 1. The highest BCUT2D eigenvalue weighted by Gasteiger charge is 2.26. The fraction of sp³-hybridized carbons (Fsp3) is 0.357. The first-order valence-corrected chi connectivity index (χ1v) is 6.82. The molecule has 0 radical (unpaired) electrons. The van der Waals surface area contributed by atoms with Crippen molar-refractivity contribution in [3.05, 3.63) is 23.4 Å². The molecule has 0 bridgehead atoms. The van der Waals surface area contributed by atoms with Crippen LogP contribution in [0, 0.1) is 0 Å². The molecule has 0 fully saturated rings. The molecule has 10 heteroatoms. The Bertz CT molecular complexity index is 635. The predicted molar refractivity (Wildman–Crippen MR) is 79.8 cm³/mol. The van der Waals surface area contributed by atoms with Gasteiger partial charge in [-0.1, -0.05) is 0 Å². The Hall–Kier alpha value is -3.17. The van der Waals surface area contributed by atoms with E-state index in [1.54, 1.807) is 0 Å². The Morgan fingerprint density at radius 1 is 1.25 bits per heavy atom. The van der Waals surface area contributed by atoms with E-state index in [9.17, 15) is 19.2 Å². The van der Waals surface area contributed by atoms with Crippen LogP contribution in [0.5, 0.6) is 0 Å². The second kappa shape index (κ2) is 8.46. The zero-order valence-corrected chi connectivity index (χ0v) is 12.4. The Balaban J connectivity index is 2.90. The second-order valence-electron chi connectivity index (χ2n) is 4.93. The average Bonchev–Trinajstić information content (AvgIpc) is 2.49. The molecule has 0 amide bonds. The van der Waals surface area contributed by atoms with E-state index in [1.165, 1.54) is 12.2 Å². The summed E-state index contributed by atoms with van der Waals surface area (Å²) in [4.78, 5) is 47.1. The van der Waals surface area contributed by atoms with Gasteiger partial charge in [0.15, 0.2) is 0 Å². The van der Waals surface area contributed by atoms with Gasteiger partial charge in [-0.15, -0.1) is 0 Å². The van der Waals surface area contributed by atoms with Gasteiger partial charge in [-0.05, 0) is 24.1 Å². The summed E-state index contributed by atoms with van der Waals surface area (Å²) >= 11 is 0. The summed E-state index contributed by atoms with van der Waals surface area (Å²) in [5, 5.41) is 37.8. The van der Waals surface area contributed by atoms with Crippen molar-refractivity contribution in [3.8, 4) is 0 Å². The van der Waals surface area contributed by atoms with Gasteiger partial charge in [0.25, 0.3) is 0 Å². The Labute approximate surface area is 135 Å². The molecule has 5 N–H and O–H groups in total. The molecule has 0 aromatic heterocycles. The first-order chi connectivity index (χ1) is 11.2. The van der Waals surface area contributed by atoms with Crippen LogP contribution in [0.25, 0.3) is 0 Å². The van der Waals surface area contributed by atoms with Crippen LogP contribution in [0.2, 0.25) is 0 Å². The van der Waals surface area contributed by atoms with Gasteiger partial charge in [0.05, 0.1) is 0 Å². The average molecular weight is 340 g/mol. The van der Waals surface area contributed by atoms with E-state index in [0.717, 1.165) is 6.21 Å². The third-order valence-corrected chi connectivity index (χ3v) is 3.10. The minimum Gasteiger partial charge on any atom is -0.481 e. The molecule has 2 atom stereocenters. The van der Waals surface area contributed by atoms with Gasteiger partial charge in [0, 0.05) is 19.1 Å². The van der Waals surface area contributed by atoms with E-state index in [-0.39, 0.29) is 25.0 Å². The Kier molecular flexibility index (Phi) is 6.65. The summed E-state index contributed by atoms with van der Waals surface area (Å²) in [6, 6.07) is -2.37. The van der Waals surface area contributed by atoms with Crippen LogP contribution in [-0.2, 0) is 19.2 Å². The molecule has 130 valence electrons. The third kappa shape index (κ3) is 5.91. The van der Waals surface area contributed by atoms with Crippen LogP contribution < -0.4 is 5.32 Å². The van der Waals surface area contributed by atoms with Gasteiger partial charge in [0.2, 0.25) is 0 Å². The van der Waals surface area contributed by atoms with E-state index in [4.69, 9.17) is 20.4 Å². The van der Waals surface area contributed by atoms with Crippen molar-refractivity contribution in [1.29, 1.82) is 0 Å². The van der Waals surface area contributed by atoms with Crippen molar-refractivity contribution in [1.82, 2.24) is 5.32 Å². The first-order valence-electron chi connectivity index (χ1n) is 6.82. The molecule has 0 aliphatic carbocycles. The second-order valence-corrected chi connectivity index (χ2v) is 4.93. The summed E-state index contributed by atoms with van der Waals surface area (Å²) in [5.41, 5.74) is 0.0404. The molecule has 10 nitrogen and oxygen atoms in total. The van der Waals surface area contributed by atoms with Crippen molar-refractivity contribution >= 4 is 30.1 Å². The van der Waals surface area contributed by atoms with Crippen LogP contribution in [0.3, 0.4) is 0 Å². The van der Waals surface area contributed by atoms with E-state index < -0.39 is 36.0 Å². The lowest BCUT2D eigenvalue weighted by molar-refractivity contribution is -0.141. The number of rotatable bonds is 8. The monoisotopic (exact) mass is 340 g/mol. The number of carboxylic acids is 4. The van der Waals surface area contributed by atoms with Crippen molar-refractivity contribution in [2.45, 2.75) is 31.3 Å². The zero-order valence-electron chi connectivity index (χ0n) is 12.4. The van der Waals surface area contributed by atoms with Crippen LogP contribution in [0.4, 0.5) is 0 Å². The quantitative estimate of drug-likeness (QED) is 0.372. The molecule has 2 unspecified atom stereocenters. The lowest BCUT2D eigenvalue weighted by Gasteiger charge is -2.21. The minimum absolute atomic E-state index is 0.00893. The molecule has 0 aromatic carbocycles. The van der Waals surface area contributed by atoms with Crippen molar-refractivity contribution in [2.24, 2.45) is 4.99 Å². The summed E-state index contributed by atoms with van der Waals surface area (Å²) in [5.74, 6) is -4.99. The van der Waals surface area contributed by atoms with Gasteiger partial charge in [-0.2, -0.15) is 0 Å². The number of allylic oxidation sites excluding steroid dienone is 2. The standard InChI is InChI=1S/C14H16N2O8/c17-11(18)2-1-8(12(19)20)15-4-3-7-5-9(13(21)22)16-10(6-7)14(23)24/h3-5,8,10,16H,1-2,6H2,(H,17,18)(H,19,20)(H,21,22)(H,23,24)/b7-3-,15-4?. The van der Waals surface area contributed by atoms with Crippen LogP contribution in [0.15, 0.2) is 28.4 Å². The van der Waals surface area contributed by atoms with Gasteiger partial charge in [0.1, 0.15) is 17.8 Å². The van der Waals surface area contributed by atoms with Crippen LogP contribution >= 0.6 is 0 Å². The van der Waals surface area contributed by atoms with Gasteiger partial charge in [-0.25, -0.2) is 14.4 Å². The maximum Gasteiger partial charge on any atom is 0.351 e. The van der Waals surface area contributed by atoms with Crippen LogP contribution in [-0.4, -0.2) is 62.6 Å². The Morgan fingerprint density at radius 3 is 2.42 bits per heavy atom. The molecule has 1 heterocycles. The third-order valence-electron chi connectivity index (χ3n) is 3.10. The lowest BCUT2D eigenvalue weighted by Crippen LogP contribution is -2.41. The molecule has 1 rings (SSSR count). The number of carbonyl (C=O) groups is 4. The van der Waals surface area contributed by atoms with Gasteiger partial charge in [-0.3, -0.25) is 9.79 Å². The summed E-state index contributed by atoms with van der Waals surface area (Å²) in [6.45, 7) is 0. The highest BCUT2D eigenvalue weighted by molar-refractivity contribution is 5.90. The van der Waals surface area contributed by atoms with E-state index in [1.807, 2.05) is 0 Å². The molecule has 0 saturated heterocycles. The van der Waals surface area contributed by atoms with Gasteiger partial charge >= 0.3 is 23.9 Å². The summed E-state index contributed by atoms with van der Waals surface area (Å²) in [6.07, 6.45) is 3.07. The van der Waals surface area contributed by atoms with Crippen molar-refractivity contribution in [2.75, 3.05) is 0 Å².